The molecule has 1 atom stereocenters. The van der Waals surface area contributed by atoms with Gasteiger partial charge in [0.15, 0.2) is 0 Å². The molecular weight excluding hydrogens is 348 g/mol. The summed E-state index contributed by atoms with van der Waals surface area (Å²) in [6.07, 6.45) is 2.12. The van der Waals surface area contributed by atoms with E-state index in [1.54, 1.807) is 0 Å². The van der Waals surface area contributed by atoms with E-state index in [0.29, 0.717) is 24.6 Å². The minimum Gasteiger partial charge on any atom is -0.392 e. The van der Waals surface area contributed by atoms with Gasteiger partial charge in [-0.1, -0.05) is 0 Å². The van der Waals surface area contributed by atoms with Crippen LogP contribution in [0.4, 0.5) is 0 Å². The number of fused-ring (bicyclic) bond motifs is 1. The van der Waals surface area contributed by atoms with Crippen molar-refractivity contribution >= 4 is 41.1 Å². The lowest BCUT2D eigenvalue weighted by Gasteiger charge is -2.35. The van der Waals surface area contributed by atoms with Gasteiger partial charge >= 0.3 is 0 Å². The number of hydrogen-bond acceptors (Lipinski definition) is 6. The third kappa shape index (κ3) is 3.69. The largest absolute Gasteiger partial charge is 0.392 e. The van der Waals surface area contributed by atoms with Gasteiger partial charge in [-0.05, 0) is 37.0 Å². The van der Waals surface area contributed by atoms with Crippen molar-refractivity contribution in [2.75, 3.05) is 32.7 Å². The monoisotopic (exact) mass is 368 g/mol. The molecule has 1 unspecified atom stereocenters. The van der Waals surface area contributed by atoms with Gasteiger partial charge in [-0.2, -0.15) is 8.75 Å². The zero-order chi connectivity index (χ0) is 15.8. The van der Waals surface area contributed by atoms with Crippen LogP contribution in [0, 0.1) is 5.92 Å². The molecule has 0 spiro atoms. The van der Waals surface area contributed by atoms with Crippen LogP contribution in [-0.4, -0.2) is 68.4 Å². The predicted octanol–water partition coefficient (Wildman–Crippen LogP) is 1.64. The zero-order valence-corrected chi connectivity index (χ0v) is 14.9. The van der Waals surface area contributed by atoms with Crippen molar-refractivity contribution in [2.24, 2.45) is 5.92 Å². The fourth-order valence-corrected chi connectivity index (χ4v) is 3.64. The van der Waals surface area contributed by atoms with Crippen LogP contribution in [0.25, 0.3) is 11.0 Å². The van der Waals surface area contributed by atoms with E-state index in [4.69, 9.17) is 0 Å². The molecule has 1 aliphatic carbocycles. The van der Waals surface area contributed by atoms with Crippen molar-refractivity contribution in [3.05, 3.63) is 23.8 Å². The van der Waals surface area contributed by atoms with Crippen LogP contribution in [-0.2, 0) is 0 Å². The number of halogens is 1. The molecule has 130 valence electrons. The minimum atomic E-state index is -0.197. The number of rotatable bonds is 4. The second kappa shape index (κ2) is 7.31. The Balaban J connectivity index is 0.00000169. The summed E-state index contributed by atoms with van der Waals surface area (Å²) in [6.45, 7) is 3.82. The Labute approximate surface area is 151 Å². The minimum absolute atomic E-state index is 0. The van der Waals surface area contributed by atoms with Gasteiger partial charge in [0.05, 0.1) is 17.8 Å². The van der Waals surface area contributed by atoms with Gasteiger partial charge in [-0.3, -0.25) is 9.69 Å². The fraction of sp³-hybridized carbons (Fsp3) is 0.562. The Morgan fingerprint density at radius 2 is 1.92 bits per heavy atom. The molecule has 6 nitrogen and oxygen atoms in total. The number of carbonyl (C=O) groups is 1. The second-order valence-electron chi connectivity index (χ2n) is 6.47. The first-order valence-corrected chi connectivity index (χ1v) is 8.86. The standard InChI is InChI=1S/C16H20N4O2S.ClH/c21-15(11-1-2-11)10-19-5-7-20(8-6-19)16(22)12-3-4-13-14(9-12)18-23-17-13;/h3-4,9,11,15,21H,1-2,5-8,10H2;1H. The Morgan fingerprint density at radius 1 is 1.21 bits per heavy atom. The van der Waals surface area contributed by atoms with Crippen LogP contribution >= 0.6 is 24.1 Å². The van der Waals surface area contributed by atoms with Crippen LogP contribution in [0.15, 0.2) is 18.2 Å². The van der Waals surface area contributed by atoms with E-state index < -0.39 is 0 Å². The molecule has 2 aromatic rings. The average Bonchev–Trinajstić information content (AvgIpc) is 3.32. The average molecular weight is 369 g/mol. The topological polar surface area (TPSA) is 69.6 Å². The molecule has 4 rings (SSSR count). The molecule has 1 saturated heterocycles. The van der Waals surface area contributed by atoms with Gasteiger partial charge < -0.3 is 10.0 Å². The van der Waals surface area contributed by atoms with Gasteiger partial charge in [-0.25, -0.2) is 0 Å². The maximum Gasteiger partial charge on any atom is 0.254 e. The highest BCUT2D eigenvalue weighted by atomic mass is 35.5. The highest BCUT2D eigenvalue weighted by Gasteiger charge is 2.32. The Morgan fingerprint density at radius 3 is 2.62 bits per heavy atom. The van der Waals surface area contributed by atoms with Crippen LogP contribution in [0.3, 0.4) is 0 Å². The van der Waals surface area contributed by atoms with E-state index in [0.717, 1.165) is 43.5 Å². The molecule has 24 heavy (non-hydrogen) atoms. The number of aliphatic hydroxyl groups is 1. The summed E-state index contributed by atoms with van der Waals surface area (Å²) in [4.78, 5) is 16.8. The molecule has 0 radical (unpaired) electrons. The summed E-state index contributed by atoms with van der Waals surface area (Å²) < 4.78 is 8.36. The molecule has 1 saturated carbocycles. The van der Waals surface area contributed by atoms with Crippen molar-refractivity contribution in [2.45, 2.75) is 18.9 Å². The smallest absolute Gasteiger partial charge is 0.254 e. The van der Waals surface area contributed by atoms with Crippen molar-refractivity contribution in [1.29, 1.82) is 0 Å². The molecule has 1 aromatic carbocycles. The van der Waals surface area contributed by atoms with E-state index in [-0.39, 0.29) is 24.4 Å². The van der Waals surface area contributed by atoms with Gasteiger partial charge in [-0.15, -0.1) is 12.4 Å². The van der Waals surface area contributed by atoms with Crippen molar-refractivity contribution in [1.82, 2.24) is 18.5 Å². The van der Waals surface area contributed by atoms with Gasteiger partial charge in [0.25, 0.3) is 5.91 Å². The fourth-order valence-electron chi connectivity index (χ4n) is 3.13. The van der Waals surface area contributed by atoms with Crippen LogP contribution in [0.5, 0.6) is 0 Å². The van der Waals surface area contributed by atoms with Gasteiger partial charge in [0.1, 0.15) is 11.0 Å². The number of nitrogens with zero attached hydrogens (tertiary/aromatic N) is 4. The quantitative estimate of drug-likeness (QED) is 0.888. The van der Waals surface area contributed by atoms with Crippen molar-refractivity contribution < 1.29 is 9.90 Å². The highest BCUT2D eigenvalue weighted by molar-refractivity contribution is 7.00. The molecule has 1 aliphatic heterocycles. The molecule has 0 bridgehead atoms. The predicted molar refractivity (Wildman–Crippen MR) is 95.7 cm³/mol. The van der Waals surface area contributed by atoms with Crippen molar-refractivity contribution in [3.8, 4) is 0 Å². The SMILES string of the molecule is Cl.O=C(c1ccc2nsnc2c1)N1CCN(CC(O)C2CC2)CC1. The van der Waals surface area contributed by atoms with Crippen LogP contribution in [0.2, 0.25) is 0 Å². The number of carbonyl (C=O) groups excluding carboxylic acids is 1. The molecule has 2 fully saturated rings. The van der Waals surface area contributed by atoms with Gasteiger partial charge in [0, 0.05) is 38.3 Å². The first-order chi connectivity index (χ1) is 11.2. The van der Waals surface area contributed by atoms with Crippen LogP contribution < -0.4 is 0 Å². The van der Waals surface area contributed by atoms with Crippen LogP contribution in [0.1, 0.15) is 23.2 Å². The third-order valence-corrected chi connectivity index (χ3v) is 5.33. The second-order valence-corrected chi connectivity index (χ2v) is 6.99. The molecule has 1 N–H and O–H groups in total. The lowest BCUT2D eigenvalue weighted by molar-refractivity contribution is 0.0489. The lowest BCUT2D eigenvalue weighted by Crippen LogP contribution is -2.50. The molecule has 1 amide bonds. The van der Waals surface area contributed by atoms with E-state index in [2.05, 4.69) is 13.6 Å². The summed E-state index contributed by atoms with van der Waals surface area (Å²) >= 11 is 1.17. The highest BCUT2D eigenvalue weighted by Crippen LogP contribution is 2.32. The van der Waals surface area contributed by atoms with E-state index in [9.17, 15) is 9.90 Å². The third-order valence-electron chi connectivity index (χ3n) is 4.77. The first-order valence-electron chi connectivity index (χ1n) is 8.13. The Hall–Kier alpha value is -1.28. The number of β-amino-alcohol motifs (C(OH)–C–C–N with tert-alkyl or cyclic N) is 1. The summed E-state index contributed by atoms with van der Waals surface area (Å²) in [5, 5.41) is 10.0. The maximum atomic E-state index is 12.6. The summed E-state index contributed by atoms with van der Waals surface area (Å²) in [5.41, 5.74) is 2.30. The number of amides is 1. The van der Waals surface area contributed by atoms with E-state index in [1.807, 2.05) is 23.1 Å². The summed E-state index contributed by atoms with van der Waals surface area (Å²) in [5.74, 6) is 0.565. The number of aliphatic hydroxyl groups excluding tert-OH is 1. The van der Waals surface area contributed by atoms with E-state index >= 15 is 0 Å². The van der Waals surface area contributed by atoms with E-state index in [1.165, 1.54) is 11.7 Å². The molecule has 1 aromatic heterocycles. The maximum absolute atomic E-state index is 12.6. The molecule has 8 heteroatoms. The lowest BCUT2D eigenvalue weighted by atomic mass is 10.1. The summed E-state index contributed by atoms with van der Waals surface area (Å²) in [7, 11) is 0. The van der Waals surface area contributed by atoms with Gasteiger partial charge in [0.2, 0.25) is 0 Å². The summed E-state index contributed by atoms with van der Waals surface area (Å²) in [6, 6.07) is 5.51. The number of aromatic nitrogens is 2. The first kappa shape index (κ1) is 17.5. The molecule has 2 heterocycles. The normalized spacial score (nSPS) is 20.0. The zero-order valence-electron chi connectivity index (χ0n) is 13.3. The number of hydrogen-bond donors (Lipinski definition) is 1. The number of piperazine rings is 1. The Kier molecular flexibility index (Phi) is 5.34. The Bertz CT molecular complexity index is 713. The number of benzene rings is 1. The molecule has 2 aliphatic rings. The van der Waals surface area contributed by atoms with Crippen molar-refractivity contribution in [3.63, 3.8) is 0 Å². The molecular formula is C16H21ClN4O2S.